The third-order valence-corrected chi connectivity index (χ3v) is 5.03. The Bertz CT molecular complexity index is 593. The van der Waals surface area contributed by atoms with Crippen molar-refractivity contribution in [1.29, 1.82) is 5.26 Å². The molecule has 114 valence electrons. The van der Waals surface area contributed by atoms with E-state index < -0.39 is 5.97 Å². The van der Waals surface area contributed by atoms with Crippen LogP contribution in [0.25, 0.3) is 0 Å². The molecule has 0 bridgehead atoms. The first-order valence-corrected chi connectivity index (χ1v) is 7.48. The number of hydrogen-bond acceptors (Lipinski definition) is 7. The second-order valence-corrected chi connectivity index (χ2v) is 6.31. The van der Waals surface area contributed by atoms with Gasteiger partial charge in [-0.1, -0.05) is 0 Å². The van der Waals surface area contributed by atoms with Crippen LogP contribution < -0.4 is 10.6 Å². The summed E-state index contributed by atoms with van der Waals surface area (Å²) >= 11 is 1.23. The monoisotopic (exact) mass is 309 g/mol. The number of piperidine rings is 1. The van der Waals surface area contributed by atoms with Crippen molar-refractivity contribution in [2.24, 2.45) is 0 Å². The van der Waals surface area contributed by atoms with E-state index in [4.69, 9.17) is 20.5 Å². The Hall–Kier alpha value is -1.78. The predicted octanol–water partition coefficient (Wildman–Crippen LogP) is 1.99. The van der Waals surface area contributed by atoms with Gasteiger partial charge in [0.15, 0.2) is 0 Å². The summed E-state index contributed by atoms with van der Waals surface area (Å²) in [7, 11) is 3.00. The number of anilines is 2. The molecule has 1 fully saturated rings. The zero-order valence-corrected chi connectivity index (χ0v) is 13.2. The molecule has 1 aliphatic heterocycles. The van der Waals surface area contributed by atoms with E-state index in [-0.39, 0.29) is 11.3 Å². The molecule has 2 heterocycles. The summed E-state index contributed by atoms with van der Waals surface area (Å²) in [4.78, 5) is 14.4. The normalized spacial score (nSPS) is 21.9. The number of ether oxygens (including phenoxy) is 2. The van der Waals surface area contributed by atoms with E-state index in [1.807, 2.05) is 13.0 Å². The van der Waals surface area contributed by atoms with E-state index in [2.05, 4.69) is 4.90 Å². The lowest BCUT2D eigenvalue weighted by molar-refractivity contribution is -0.00458. The number of nitrogen functional groups attached to an aromatic ring is 1. The molecule has 1 aromatic heterocycles. The van der Waals surface area contributed by atoms with E-state index >= 15 is 0 Å². The SMILES string of the molecule is COC(=O)c1c(N2CCCC(C)(OC)C2)sc(C#N)c1N. The highest BCUT2D eigenvalue weighted by atomic mass is 32.1. The number of nitrogens with two attached hydrogens (primary N) is 1. The fraction of sp³-hybridized carbons (Fsp3) is 0.571. The molecule has 0 spiro atoms. The molecule has 1 aliphatic rings. The Balaban J connectivity index is 2.44. The van der Waals surface area contributed by atoms with Gasteiger partial charge in [-0.25, -0.2) is 4.79 Å². The molecule has 1 unspecified atom stereocenters. The summed E-state index contributed by atoms with van der Waals surface area (Å²) in [6, 6.07) is 2.04. The van der Waals surface area contributed by atoms with Gasteiger partial charge in [-0.2, -0.15) is 5.26 Å². The largest absolute Gasteiger partial charge is 0.465 e. The van der Waals surface area contributed by atoms with E-state index in [0.717, 1.165) is 19.4 Å². The maximum atomic E-state index is 12.0. The maximum Gasteiger partial charge on any atom is 0.343 e. The van der Waals surface area contributed by atoms with Gasteiger partial charge in [-0.05, 0) is 19.8 Å². The summed E-state index contributed by atoms with van der Waals surface area (Å²) in [5, 5.41) is 9.84. The Labute approximate surface area is 128 Å². The highest BCUT2D eigenvalue weighted by molar-refractivity contribution is 7.17. The number of esters is 1. The minimum Gasteiger partial charge on any atom is -0.465 e. The zero-order valence-electron chi connectivity index (χ0n) is 12.4. The lowest BCUT2D eigenvalue weighted by Gasteiger charge is -2.40. The molecule has 1 saturated heterocycles. The van der Waals surface area contributed by atoms with Gasteiger partial charge >= 0.3 is 5.97 Å². The van der Waals surface area contributed by atoms with Gasteiger partial charge in [0.25, 0.3) is 0 Å². The maximum absolute atomic E-state index is 12.0. The Morgan fingerprint density at radius 3 is 2.81 bits per heavy atom. The smallest absolute Gasteiger partial charge is 0.343 e. The molecular formula is C14H19N3O3S. The molecule has 2 N–H and O–H groups in total. The first-order chi connectivity index (χ1) is 9.95. The number of hydrogen-bond donors (Lipinski definition) is 1. The van der Waals surface area contributed by atoms with Gasteiger partial charge in [0, 0.05) is 20.2 Å². The summed E-state index contributed by atoms with van der Waals surface area (Å²) in [5.74, 6) is -0.509. The summed E-state index contributed by atoms with van der Waals surface area (Å²) < 4.78 is 10.4. The van der Waals surface area contributed by atoms with Crippen molar-refractivity contribution < 1.29 is 14.3 Å². The fourth-order valence-electron chi connectivity index (χ4n) is 2.58. The van der Waals surface area contributed by atoms with Crippen LogP contribution in [0, 0.1) is 11.3 Å². The van der Waals surface area contributed by atoms with Gasteiger partial charge < -0.3 is 20.1 Å². The molecule has 2 rings (SSSR count). The Morgan fingerprint density at radius 1 is 1.52 bits per heavy atom. The number of rotatable bonds is 3. The molecule has 1 aromatic rings. The molecule has 0 amide bonds. The molecular weight excluding hydrogens is 290 g/mol. The first kappa shape index (κ1) is 15.6. The third-order valence-electron chi connectivity index (χ3n) is 3.86. The molecule has 1 atom stereocenters. The molecule has 0 saturated carbocycles. The average Bonchev–Trinajstić information content (AvgIpc) is 2.83. The van der Waals surface area contributed by atoms with E-state index in [1.54, 1.807) is 7.11 Å². The van der Waals surface area contributed by atoms with Crippen LogP contribution in [-0.2, 0) is 9.47 Å². The van der Waals surface area contributed by atoms with Crippen LogP contribution in [0.3, 0.4) is 0 Å². The molecule has 0 aliphatic carbocycles. The van der Waals surface area contributed by atoms with Crippen molar-refractivity contribution in [3.63, 3.8) is 0 Å². The van der Waals surface area contributed by atoms with Crippen LogP contribution >= 0.6 is 11.3 Å². The first-order valence-electron chi connectivity index (χ1n) is 6.66. The average molecular weight is 309 g/mol. The molecule has 21 heavy (non-hydrogen) atoms. The number of carbonyl (C=O) groups is 1. The lowest BCUT2D eigenvalue weighted by Crippen LogP contribution is -2.47. The van der Waals surface area contributed by atoms with Crippen LogP contribution in [0.2, 0.25) is 0 Å². The standard InChI is InChI=1S/C14H19N3O3S/c1-14(20-3)5-4-6-17(8-14)12-10(13(18)19-2)11(16)9(7-15)21-12/h4-6,8,16H2,1-3H3. The van der Waals surface area contributed by atoms with Crippen LogP contribution in [0.15, 0.2) is 0 Å². The number of carbonyl (C=O) groups excluding carboxylic acids is 1. The van der Waals surface area contributed by atoms with Crippen molar-refractivity contribution in [3.8, 4) is 6.07 Å². The number of nitrogens with zero attached hydrogens (tertiary/aromatic N) is 2. The second kappa shape index (κ2) is 5.92. The van der Waals surface area contributed by atoms with Crippen LogP contribution in [-0.4, -0.2) is 38.9 Å². The highest BCUT2D eigenvalue weighted by Gasteiger charge is 2.34. The topological polar surface area (TPSA) is 88.6 Å². The summed E-state index contributed by atoms with van der Waals surface area (Å²) in [5.41, 5.74) is 6.15. The number of nitriles is 1. The predicted molar refractivity (Wildman–Crippen MR) is 81.6 cm³/mol. The van der Waals surface area contributed by atoms with E-state index in [0.29, 0.717) is 22.0 Å². The number of thiophene rings is 1. The van der Waals surface area contributed by atoms with Crippen LogP contribution in [0.1, 0.15) is 35.0 Å². The second-order valence-electron chi connectivity index (χ2n) is 5.31. The van der Waals surface area contributed by atoms with Crippen LogP contribution in [0.5, 0.6) is 0 Å². The van der Waals surface area contributed by atoms with E-state index in [9.17, 15) is 4.79 Å². The number of methoxy groups -OCH3 is 2. The molecule has 0 radical (unpaired) electrons. The highest BCUT2D eigenvalue weighted by Crippen LogP contribution is 2.40. The quantitative estimate of drug-likeness (QED) is 0.859. The lowest BCUT2D eigenvalue weighted by atomic mass is 9.95. The fourth-order valence-corrected chi connectivity index (χ4v) is 3.61. The third kappa shape index (κ3) is 2.82. The van der Waals surface area contributed by atoms with Crippen molar-refractivity contribution in [2.45, 2.75) is 25.4 Å². The van der Waals surface area contributed by atoms with Crippen molar-refractivity contribution >= 4 is 28.0 Å². The minimum atomic E-state index is -0.509. The van der Waals surface area contributed by atoms with Gasteiger partial charge in [-0.15, -0.1) is 11.3 Å². The van der Waals surface area contributed by atoms with Gasteiger partial charge in [0.2, 0.25) is 0 Å². The molecule has 6 nitrogen and oxygen atoms in total. The van der Waals surface area contributed by atoms with Gasteiger partial charge in [0.05, 0.1) is 18.4 Å². The van der Waals surface area contributed by atoms with Gasteiger partial charge in [-0.3, -0.25) is 0 Å². The Morgan fingerprint density at radius 2 is 2.24 bits per heavy atom. The summed E-state index contributed by atoms with van der Waals surface area (Å²) in [6.07, 6.45) is 1.91. The van der Waals surface area contributed by atoms with Crippen molar-refractivity contribution in [2.75, 3.05) is 37.9 Å². The molecule has 0 aromatic carbocycles. The van der Waals surface area contributed by atoms with Gasteiger partial charge in [0.1, 0.15) is 21.5 Å². The zero-order chi connectivity index (χ0) is 15.6. The van der Waals surface area contributed by atoms with E-state index in [1.165, 1.54) is 18.4 Å². The summed E-state index contributed by atoms with van der Waals surface area (Å²) in [6.45, 7) is 3.49. The minimum absolute atomic E-state index is 0.203. The molecule has 7 heteroatoms. The van der Waals surface area contributed by atoms with Crippen LogP contribution in [0.4, 0.5) is 10.7 Å². The van der Waals surface area contributed by atoms with Crippen molar-refractivity contribution in [1.82, 2.24) is 0 Å². The van der Waals surface area contributed by atoms with Crippen molar-refractivity contribution in [3.05, 3.63) is 10.4 Å². The Kier molecular flexibility index (Phi) is 4.40.